The van der Waals surface area contributed by atoms with Crippen molar-refractivity contribution in [1.29, 1.82) is 5.26 Å². The molecule has 0 fully saturated rings. The fourth-order valence-electron chi connectivity index (χ4n) is 1.32. The average Bonchev–Trinajstić information content (AvgIpc) is 2.38. The number of hydrogen-bond acceptors (Lipinski definition) is 4. The molecule has 0 aliphatic carbocycles. The number of halogens is 1. The maximum atomic E-state index is 13.2. The lowest BCUT2D eigenvalue weighted by Crippen LogP contribution is -2.07. The van der Waals surface area contributed by atoms with Crippen LogP contribution in [0.5, 0.6) is 5.75 Å². The molecule has 0 amide bonds. The summed E-state index contributed by atoms with van der Waals surface area (Å²) in [6.07, 6.45) is 0.672. The highest BCUT2D eigenvalue weighted by molar-refractivity contribution is 5.43. The lowest BCUT2D eigenvalue weighted by atomic mass is 10.2. The van der Waals surface area contributed by atoms with Crippen molar-refractivity contribution in [2.24, 2.45) is 0 Å². The first-order valence-electron chi connectivity index (χ1n) is 5.67. The third-order valence-electron chi connectivity index (χ3n) is 2.21. The number of rotatable bonds is 8. The van der Waals surface area contributed by atoms with Gasteiger partial charge in [-0.1, -0.05) is 6.07 Å². The summed E-state index contributed by atoms with van der Waals surface area (Å²) in [6.45, 7) is 2.02. The summed E-state index contributed by atoms with van der Waals surface area (Å²) < 4.78 is 28.6. The van der Waals surface area contributed by atoms with Crippen molar-refractivity contribution in [3.05, 3.63) is 29.6 Å². The van der Waals surface area contributed by atoms with Gasteiger partial charge in [0, 0.05) is 20.1 Å². The fraction of sp³-hybridized carbons (Fsp3) is 0.462. The van der Waals surface area contributed by atoms with E-state index in [4.69, 9.17) is 19.5 Å². The molecule has 0 aromatic heterocycles. The minimum atomic E-state index is -0.564. The molecule has 1 aromatic rings. The SMILES string of the molecule is COCCOCCCOc1cccc(F)c1C#N. The Morgan fingerprint density at radius 3 is 2.78 bits per heavy atom. The van der Waals surface area contributed by atoms with Gasteiger partial charge in [0.25, 0.3) is 0 Å². The molecule has 0 N–H and O–H groups in total. The largest absolute Gasteiger partial charge is 0.492 e. The van der Waals surface area contributed by atoms with Crippen LogP contribution in [0.1, 0.15) is 12.0 Å². The number of ether oxygens (including phenoxy) is 3. The van der Waals surface area contributed by atoms with Gasteiger partial charge < -0.3 is 14.2 Å². The first-order chi connectivity index (χ1) is 8.79. The van der Waals surface area contributed by atoms with Crippen molar-refractivity contribution in [2.75, 3.05) is 33.5 Å². The molecule has 1 rings (SSSR count). The highest BCUT2D eigenvalue weighted by Gasteiger charge is 2.08. The number of nitrogens with zero attached hydrogens (tertiary/aromatic N) is 1. The standard InChI is InChI=1S/C13H16FNO3/c1-16-8-9-17-6-3-7-18-13-5-2-4-12(14)11(13)10-15/h2,4-5H,3,6-9H2,1H3. The zero-order valence-electron chi connectivity index (χ0n) is 10.3. The van der Waals surface area contributed by atoms with Crippen molar-refractivity contribution >= 4 is 0 Å². The zero-order chi connectivity index (χ0) is 13.2. The number of benzene rings is 1. The van der Waals surface area contributed by atoms with Crippen LogP contribution in [0.2, 0.25) is 0 Å². The van der Waals surface area contributed by atoms with Gasteiger partial charge in [0.1, 0.15) is 23.2 Å². The Balaban J connectivity index is 2.28. The van der Waals surface area contributed by atoms with Crippen molar-refractivity contribution in [3.63, 3.8) is 0 Å². The molecular formula is C13H16FNO3. The summed E-state index contributed by atoms with van der Waals surface area (Å²) in [5, 5.41) is 8.79. The molecule has 0 heterocycles. The summed E-state index contributed by atoms with van der Waals surface area (Å²) >= 11 is 0. The van der Waals surface area contributed by atoms with Crippen LogP contribution in [0.25, 0.3) is 0 Å². The molecule has 4 nitrogen and oxygen atoms in total. The van der Waals surface area contributed by atoms with Crippen LogP contribution in [-0.2, 0) is 9.47 Å². The van der Waals surface area contributed by atoms with E-state index in [1.54, 1.807) is 19.2 Å². The third-order valence-corrected chi connectivity index (χ3v) is 2.21. The van der Waals surface area contributed by atoms with E-state index < -0.39 is 5.82 Å². The average molecular weight is 253 g/mol. The molecule has 0 aliphatic heterocycles. The Morgan fingerprint density at radius 2 is 2.06 bits per heavy atom. The van der Waals surface area contributed by atoms with Gasteiger partial charge in [-0.05, 0) is 12.1 Å². The Hall–Kier alpha value is -1.64. The molecular weight excluding hydrogens is 237 g/mol. The molecule has 0 unspecified atom stereocenters. The number of hydrogen-bond donors (Lipinski definition) is 0. The monoisotopic (exact) mass is 253 g/mol. The van der Waals surface area contributed by atoms with Crippen LogP contribution in [0.3, 0.4) is 0 Å². The summed E-state index contributed by atoms with van der Waals surface area (Å²) in [6, 6.07) is 6.11. The first kappa shape index (κ1) is 14.4. The molecule has 0 saturated heterocycles. The number of methoxy groups -OCH3 is 1. The Bertz CT molecular complexity index is 404. The first-order valence-corrected chi connectivity index (χ1v) is 5.67. The fourth-order valence-corrected chi connectivity index (χ4v) is 1.32. The minimum absolute atomic E-state index is 0.0576. The molecule has 0 spiro atoms. The van der Waals surface area contributed by atoms with E-state index in [-0.39, 0.29) is 11.3 Å². The third kappa shape index (κ3) is 4.70. The molecule has 98 valence electrons. The smallest absolute Gasteiger partial charge is 0.144 e. The van der Waals surface area contributed by atoms with Crippen LogP contribution < -0.4 is 4.74 Å². The molecule has 1 aromatic carbocycles. The molecule has 0 saturated carbocycles. The molecule has 0 radical (unpaired) electrons. The topological polar surface area (TPSA) is 51.5 Å². The second-order valence-electron chi connectivity index (χ2n) is 3.53. The van der Waals surface area contributed by atoms with E-state index in [2.05, 4.69) is 0 Å². The Morgan fingerprint density at radius 1 is 1.22 bits per heavy atom. The molecule has 5 heteroatoms. The number of nitriles is 1. The molecule has 0 atom stereocenters. The highest BCUT2D eigenvalue weighted by atomic mass is 19.1. The summed E-state index contributed by atoms with van der Waals surface area (Å²) in [4.78, 5) is 0. The van der Waals surface area contributed by atoms with Gasteiger partial charge in [0.2, 0.25) is 0 Å². The predicted octanol–water partition coefficient (Wildman–Crippen LogP) is 2.13. The second-order valence-corrected chi connectivity index (χ2v) is 3.53. The van der Waals surface area contributed by atoms with Crippen molar-refractivity contribution in [2.45, 2.75) is 6.42 Å². The summed E-state index contributed by atoms with van der Waals surface area (Å²) in [7, 11) is 1.61. The van der Waals surface area contributed by atoms with Crippen molar-refractivity contribution in [1.82, 2.24) is 0 Å². The maximum Gasteiger partial charge on any atom is 0.144 e. The van der Waals surface area contributed by atoms with Gasteiger partial charge in [-0.3, -0.25) is 0 Å². The summed E-state index contributed by atoms with van der Waals surface area (Å²) in [5.74, 6) is -0.291. The van der Waals surface area contributed by atoms with Crippen LogP contribution >= 0.6 is 0 Å². The van der Waals surface area contributed by atoms with Crippen LogP contribution in [0.15, 0.2) is 18.2 Å². The van der Waals surface area contributed by atoms with Crippen LogP contribution in [0, 0.1) is 17.1 Å². The van der Waals surface area contributed by atoms with Crippen LogP contribution in [-0.4, -0.2) is 33.5 Å². The van der Waals surface area contributed by atoms with Gasteiger partial charge >= 0.3 is 0 Å². The van der Waals surface area contributed by atoms with E-state index >= 15 is 0 Å². The Kier molecular flexibility index (Phi) is 6.77. The Labute approximate surface area is 106 Å². The molecule has 0 bridgehead atoms. The van der Waals surface area contributed by atoms with Crippen LogP contribution in [0.4, 0.5) is 4.39 Å². The van der Waals surface area contributed by atoms with E-state index in [0.717, 1.165) is 0 Å². The van der Waals surface area contributed by atoms with Crippen molar-refractivity contribution in [3.8, 4) is 11.8 Å². The lowest BCUT2D eigenvalue weighted by molar-refractivity contribution is 0.0644. The van der Waals surface area contributed by atoms with E-state index in [1.165, 1.54) is 12.1 Å². The van der Waals surface area contributed by atoms with E-state index in [1.807, 2.05) is 0 Å². The highest BCUT2D eigenvalue weighted by Crippen LogP contribution is 2.20. The normalized spacial score (nSPS) is 10.1. The second kappa shape index (κ2) is 8.45. The summed E-state index contributed by atoms with van der Waals surface area (Å²) in [5.41, 5.74) is -0.0576. The van der Waals surface area contributed by atoms with E-state index in [0.29, 0.717) is 32.8 Å². The predicted molar refractivity (Wildman–Crippen MR) is 63.9 cm³/mol. The molecule has 18 heavy (non-hydrogen) atoms. The van der Waals surface area contributed by atoms with Crippen molar-refractivity contribution < 1.29 is 18.6 Å². The van der Waals surface area contributed by atoms with E-state index in [9.17, 15) is 4.39 Å². The maximum absolute atomic E-state index is 13.2. The minimum Gasteiger partial charge on any atom is -0.492 e. The van der Waals surface area contributed by atoms with Gasteiger partial charge in [-0.25, -0.2) is 4.39 Å². The van der Waals surface area contributed by atoms with Gasteiger partial charge in [-0.15, -0.1) is 0 Å². The zero-order valence-corrected chi connectivity index (χ0v) is 10.3. The van der Waals surface area contributed by atoms with Gasteiger partial charge in [0.15, 0.2) is 0 Å². The lowest BCUT2D eigenvalue weighted by Gasteiger charge is -2.08. The quantitative estimate of drug-likeness (QED) is 0.666. The van der Waals surface area contributed by atoms with Gasteiger partial charge in [0.05, 0.1) is 19.8 Å². The molecule has 0 aliphatic rings. The van der Waals surface area contributed by atoms with Gasteiger partial charge in [-0.2, -0.15) is 5.26 Å².